The minimum Gasteiger partial charge on any atom is -0.480 e. The van der Waals surface area contributed by atoms with E-state index < -0.39 is 25.0 Å². The van der Waals surface area contributed by atoms with Crippen LogP contribution >= 0.6 is 15.9 Å². The minimum absolute atomic E-state index is 0.168. The first-order chi connectivity index (χ1) is 17.4. The van der Waals surface area contributed by atoms with Gasteiger partial charge >= 0.3 is 5.97 Å². The Hall–Kier alpha value is -2.37. The lowest BCUT2D eigenvalue weighted by Crippen LogP contribution is -2.37. The average Bonchev–Trinajstić information content (AvgIpc) is 2.87. The number of hydrogen-bond acceptors (Lipinski definition) is 7. The number of fused-ring (bicyclic) bond motifs is 1. The van der Waals surface area contributed by atoms with Gasteiger partial charge in [0, 0.05) is 36.0 Å². The summed E-state index contributed by atoms with van der Waals surface area (Å²) in [7, 11) is 0. The van der Waals surface area contributed by atoms with Gasteiger partial charge < -0.3 is 25.4 Å². The SMILES string of the molecule is O=C(O)C(CCN(CCCCc1ccc2c(n1)NCCC2)CCOCC(F)F)Nc1ccc(Br)cn1. The van der Waals surface area contributed by atoms with Gasteiger partial charge in [-0.25, -0.2) is 23.5 Å². The van der Waals surface area contributed by atoms with Gasteiger partial charge in [-0.3, -0.25) is 0 Å². The number of aromatic nitrogens is 2. The Kier molecular flexibility index (Phi) is 11.8. The van der Waals surface area contributed by atoms with Crippen molar-refractivity contribution in [3.05, 3.63) is 46.2 Å². The second-order valence-corrected chi connectivity index (χ2v) is 9.71. The Morgan fingerprint density at radius 3 is 2.83 bits per heavy atom. The first kappa shape index (κ1) is 28.2. The van der Waals surface area contributed by atoms with Crippen molar-refractivity contribution in [2.75, 3.05) is 50.0 Å². The molecule has 198 valence electrons. The molecule has 3 heterocycles. The van der Waals surface area contributed by atoms with Gasteiger partial charge in [0.15, 0.2) is 0 Å². The van der Waals surface area contributed by atoms with E-state index >= 15 is 0 Å². The number of carboxylic acid groups (broad SMARTS) is 1. The topological polar surface area (TPSA) is 99.6 Å². The second kappa shape index (κ2) is 15.0. The number of carboxylic acids is 1. The van der Waals surface area contributed by atoms with Gasteiger partial charge in [0.2, 0.25) is 0 Å². The number of alkyl halides is 2. The fourth-order valence-corrected chi connectivity index (χ4v) is 4.29. The zero-order valence-electron chi connectivity index (χ0n) is 20.3. The van der Waals surface area contributed by atoms with Crippen LogP contribution < -0.4 is 10.6 Å². The van der Waals surface area contributed by atoms with Crippen LogP contribution in [0.15, 0.2) is 34.9 Å². The van der Waals surface area contributed by atoms with Crippen LogP contribution in [-0.2, 0) is 22.4 Å². The summed E-state index contributed by atoms with van der Waals surface area (Å²) < 4.78 is 30.7. The van der Waals surface area contributed by atoms with Gasteiger partial charge in [0.05, 0.1) is 6.61 Å². The van der Waals surface area contributed by atoms with Crippen molar-refractivity contribution in [3.8, 4) is 0 Å². The number of anilines is 2. The van der Waals surface area contributed by atoms with Crippen molar-refractivity contribution in [1.29, 1.82) is 0 Å². The molecule has 1 aliphatic heterocycles. The number of rotatable bonds is 16. The van der Waals surface area contributed by atoms with E-state index in [2.05, 4.69) is 48.6 Å². The summed E-state index contributed by atoms with van der Waals surface area (Å²) in [5, 5.41) is 16.0. The first-order valence-electron chi connectivity index (χ1n) is 12.3. The van der Waals surface area contributed by atoms with Crippen molar-refractivity contribution in [1.82, 2.24) is 14.9 Å². The van der Waals surface area contributed by atoms with Crippen molar-refractivity contribution in [3.63, 3.8) is 0 Å². The quantitative estimate of drug-likeness (QED) is 0.255. The number of unbranched alkanes of at least 4 members (excludes halogenated alkanes) is 1. The van der Waals surface area contributed by atoms with Crippen LogP contribution in [0.4, 0.5) is 20.4 Å². The van der Waals surface area contributed by atoms with E-state index in [1.165, 1.54) is 5.56 Å². The molecule has 0 aromatic carbocycles. The predicted octanol–water partition coefficient (Wildman–Crippen LogP) is 4.46. The summed E-state index contributed by atoms with van der Waals surface area (Å²) in [6, 6.07) is 6.90. The molecule has 0 radical (unpaired) electrons. The summed E-state index contributed by atoms with van der Waals surface area (Å²) in [4.78, 5) is 22.8. The molecule has 0 saturated carbocycles. The molecule has 0 fully saturated rings. The third kappa shape index (κ3) is 9.94. The van der Waals surface area contributed by atoms with Crippen molar-refractivity contribution in [2.24, 2.45) is 0 Å². The fourth-order valence-electron chi connectivity index (χ4n) is 4.06. The number of pyridine rings is 2. The molecule has 0 amide bonds. The third-order valence-electron chi connectivity index (χ3n) is 5.99. The van der Waals surface area contributed by atoms with E-state index in [4.69, 9.17) is 9.72 Å². The number of hydrogen-bond donors (Lipinski definition) is 3. The van der Waals surface area contributed by atoms with Gasteiger partial charge in [-0.2, -0.15) is 0 Å². The molecule has 1 unspecified atom stereocenters. The smallest absolute Gasteiger partial charge is 0.326 e. The predicted molar refractivity (Wildman–Crippen MR) is 139 cm³/mol. The lowest BCUT2D eigenvalue weighted by Gasteiger charge is -2.24. The Bertz CT molecular complexity index is 952. The molecule has 0 aliphatic carbocycles. The van der Waals surface area contributed by atoms with Gasteiger partial charge in [-0.1, -0.05) is 6.07 Å². The molecule has 2 aromatic heterocycles. The maximum Gasteiger partial charge on any atom is 0.326 e. The number of nitrogens with one attached hydrogen (secondary N) is 2. The van der Waals surface area contributed by atoms with Gasteiger partial charge in [-0.15, -0.1) is 0 Å². The van der Waals surface area contributed by atoms with Crippen LogP contribution in [-0.4, -0.2) is 77.8 Å². The highest BCUT2D eigenvalue weighted by Crippen LogP contribution is 2.20. The fraction of sp³-hybridized carbons (Fsp3) is 0.560. The lowest BCUT2D eigenvalue weighted by atomic mass is 10.1. The monoisotopic (exact) mass is 569 g/mol. The Labute approximate surface area is 219 Å². The van der Waals surface area contributed by atoms with E-state index in [-0.39, 0.29) is 6.61 Å². The van der Waals surface area contributed by atoms with E-state index in [0.29, 0.717) is 31.9 Å². The summed E-state index contributed by atoms with van der Waals surface area (Å²) in [5.74, 6) is 0.495. The van der Waals surface area contributed by atoms with Crippen molar-refractivity contribution in [2.45, 2.75) is 51.0 Å². The van der Waals surface area contributed by atoms with Gasteiger partial charge in [0.1, 0.15) is 24.3 Å². The van der Waals surface area contributed by atoms with Crippen LogP contribution in [0.25, 0.3) is 0 Å². The molecule has 2 aromatic rings. The molecule has 0 saturated heterocycles. The Morgan fingerprint density at radius 1 is 1.22 bits per heavy atom. The molecule has 1 atom stereocenters. The second-order valence-electron chi connectivity index (χ2n) is 8.79. The molecule has 11 heteroatoms. The minimum atomic E-state index is -2.50. The van der Waals surface area contributed by atoms with E-state index in [1.807, 2.05) is 0 Å². The summed E-state index contributed by atoms with van der Waals surface area (Å²) in [6.07, 6.45) is 4.26. The van der Waals surface area contributed by atoms with E-state index in [1.54, 1.807) is 18.3 Å². The molecule has 0 spiro atoms. The van der Waals surface area contributed by atoms with Crippen LogP contribution in [0.2, 0.25) is 0 Å². The van der Waals surface area contributed by atoms with Gasteiger partial charge in [-0.05, 0) is 84.8 Å². The normalized spacial score (nSPS) is 13.9. The first-order valence-corrected chi connectivity index (χ1v) is 13.1. The summed E-state index contributed by atoms with van der Waals surface area (Å²) in [5.41, 5.74) is 2.31. The summed E-state index contributed by atoms with van der Waals surface area (Å²) in [6.45, 7) is 2.18. The van der Waals surface area contributed by atoms with E-state index in [0.717, 1.165) is 54.6 Å². The van der Waals surface area contributed by atoms with E-state index in [9.17, 15) is 18.7 Å². The molecule has 1 aliphatic rings. The molecule has 3 rings (SSSR count). The average molecular weight is 570 g/mol. The Balaban J connectivity index is 1.48. The van der Waals surface area contributed by atoms with Crippen molar-refractivity contribution < 1.29 is 23.4 Å². The third-order valence-corrected chi connectivity index (χ3v) is 6.46. The zero-order chi connectivity index (χ0) is 25.8. The van der Waals surface area contributed by atoms with Crippen LogP contribution in [0.5, 0.6) is 0 Å². The van der Waals surface area contributed by atoms with Crippen LogP contribution in [0, 0.1) is 0 Å². The highest BCUT2D eigenvalue weighted by molar-refractivity contribution is 9.10. The zero-order valence-corrected chi connectivity index (χ0v) is 21.9. The highest BCUT2D eigenvalue weighted by atomic mass is 79.9. The standard InChI is InChI=1S/C25H34BrF2N5O3/c26-19-7-9-23(30-16-19)32-21(25(34)35)10-13-33(14-15-36-17-22(27)28)12-2-1-5-20-8-6-18-4-3-11-29-24(18)31-20/h6-9,16,21-22H,1-5,10-15,17H2,(H,29,31)(H,30,32)(H,34,35). The highest BCUT2D eigenvalue weighted by Gasteiger charge is 2.19. The number of halogens is 3. The van der Waals surface area contributed by atoms with Gasteiger partial charge in [0.25, 0.3) is 6.43 Å². The summed E-state index contributed by atoms with van der Waals surface area (Å²) >= 11 is 3.31. The molecular weight excluding hydrogens is 536 g/mol. The Morgan fingerprint density at radius 2 is 2.08 bits per heavy atom. The van der Waals surface area contributed by atoms with Crippen molar-refractivity contribution >= 4 is 33.5 Å². The lowest BCUT2D eigenvalue weighted by molar-refractivity contribution is -0.138. The number of carbonyl (C=O) groups is 1. The molecule has 36 heavy (non-hydrogen) atoms. The molecule has 0 bridgehead atoms. The number of aliphatic carboxylic acids is 1. The number of aryl methyl sites for hydroxylation is 2. The van der Waals surface area contributed by atoms with Crippen LogP contribution in [0.1, 0.15) is 36.9 Å². The molecular formula is C25H34BrF2N5O3. The maximum absolute atomic E-state index is 12.4. The maximum atomic E-state index is 12.4. The molecule has 3 N–H and O–H groups in total. The molecule has 8 nitrogen and oxygen atoms in total. The largest absolute Gasteiger partial charge is 0.480 e. The van der Waals surface area contributed by atoms with Crippen LogP contribution in [0.3, 0.4) is 0 Å². The number of nitrogens with zero attached hydrogens (tertiary/aromatic N) is 3. The number of ether oxygens (including phenoxy) is 1.